The second-order valence-corrected chi connectivity index (χ2v) is 5.73. The fourth-order valence-corrected chi connectivity index (χ4v) is 3.22. The van der Waals surface area contributed by atoms with Crippen molar-refractivity contribution in [1.82, 2.24) is 4.98 Å². The molecule has 0 saturated carbocycles. The molecule has 6 nitrogen and oxygen atoms in total. The minimum absolute atomic E-state index is 0.422. The lowest BCUT2D eigenvalue weighted by Gasteiger charge is -2.05. The molecule has 1 atom stereocenters. The van der Waals surface area contributed by atoms with Crippen molar-refractivity contribution < 1.29 is 19.4 Å². The molecule has 0 fully saturated rings. The Labute approximate surface area is 122 Å². The van der Waals surface area contributed by atoms with Crippen LogP contribution in [0.15, 0.2) is 0 Å². The number of carboxylic acids is 1. The highest BCUT2D eigenvalue weighted by atomic mass is 32.1. The third kappa shape index (κ3) is 3.91. The van der Waals surface area contributed by atoms with Gasteiger partial charge in [0, 0.05) is 25.1 Å². The van der Waals surface area contributed by atoms with Crippen LogP contribution in [0.5, 0.6) is 0 Å². The van der Waals surface area contributed by atoms with Crippen molar-refractivity contribution in [1.29, 1.82) is 0 Å². The summed E-state index contributed by atoms with van der Waals surface area (Å²) in [6.07, 6.45) is 2.39. The molecule has 0 aromatic carbocycles. The maximum Gasteiger partial charge on any atom is 0.312 e. The zero-order valence-corrected chi connectivity index (χ0v) is 12.4. The van der Waals surface area contributed by atoms with E-state index in [1.165, 1.54) is 0 Å². The Bertz CT molecular complexity index is 450. The van der Waals surface area contributed by atoms with Crippen LogP contribution in [0.3, 0.4) is 0 Å². The number of methoxy groups -OCH3 is 1. The van der Waals surface area contributed by atoms with Crippen molar-refractivity contribution in [3.05, 3.63) is 10.6 Å². The van der Waals surface area contributed by atoms with Gasteiger partial charge in [-0.3, -0.25) is 4.79 Å². The van der Waals surface area contributed by atoms with E-state index >= 15 is 0 Å². The fourth-order valence-electron chi connectivity index (χ4n) is 2.16. The molecule has 0 aliphatic heterocycles. The number of aryl methyl sites for hydroxylation is 1. The van der Waals surface area contributed by atoms with Gasteiger partial charge >= 0.3 is 5.97 Å². The zero-order valence-electron chi connectivity index (χ0n) is 11.6. The van der Waals surface area contributed by atoms with Gasteiger partial charge in [-0.2, -0.15) is 0 Å². The first kappa shape index (κ1) is 15.2. The highest BCUT2D eigenvalue weighted by Gasteiger charge is 2.32. The average molecular weight is 300 g/mol. The maximum atomic E-state index is 11.1. The molecule has 1 aliphatic carbocycles. The molecule has 0 radical (unpaired) electrons. The number of fused-ring (bicyclic) bond motifs is 1. The predicted molar refractivity (Wildman–Crippen MR) is 76.6 cm³/mol. The Morgan fingerprint density at radius 2 is 2.35 bits per heavy atom. The number of carbonyl (C=O) groups is 1. The van der Waals surface area contributed by atoms with E-state index in [9.17, 15) is 4.79 Å². The quantitative estimate of drug-likeness (QED) is 0.676. The number of anilines is 1. The topological polar surface area (TPSA) is 80.7 Å². The lowest BCUT2D eigenvalue weighted by molar-refractivity contribution is -0.138. The van der Waals surface area contributed by atoms with Gasteiger partial charge in [0.2, 0.25) is 0 Å². The van der Waals surface area contributed by atoms with Gasteiger partial charge in [-0.1, -0.05) is 0 Å². The summed E-state index contributed by atoms with van der Waals surface area (Å²) in [5.74, 6) is -1.19. The highest BCUT2D eigenvalue weighted by molar-refractivity contribution is 7.15. The van der Waals surface area contributed by atoms with E-state index in [2.05, 4.69) is 10.3 Å². The normalized spacial score (nSPS) is 17.1. The summed E-state index contributed by atoms with van der Waals surface area (Å²) >= 11 is 1.57. The molecular formula is C13H20N2O4S. The standard InChI is InChI=1S/C13H20N2O4S/c1-18-7-8-19-6-2-5-14-13-15-11-9(12(16)17)3-4-10(11)20-13/h9H,2-8H2,1H3,(H,14,15)(H,16,17). The van der Waals surface area contributed by atoms with Gasteiger partial charge in [-0.05, 0) is 19.3 Å². The number of thiazole rings is 1. The van der Waals surface area contributed by atoms with Gasteiger partial charge in [0.05, 0.1) is 18.9 Å². The molecule has 1 heterocycles. The molecule has 112 valence electrons. The van der Waals surface area contributed by atoms with E-state index in [1.807, 2.05) is 0 Å². The first-order valence-corrected chi connectivity index (χ1v) is 7.57. The van der Waals surface area contributed by atoms with E-state index in [0.717, 1.165) is 35.1 Å². The lowest BCUT2D eigenvalue weighted by Crippen LogP contribution is -2.10. The second-order valence-electron chi connectivity index (χ2n) is 4.64. The van der Waals surface area contributed by atoms with Crippen LogP contribution in [0.4, 0.5) is 5.13 Å². The molecule has 1 aromatic rings. The number of carboxylic acid groups (broad SMARTS) is 1. The fraction of sp³-hybridized carbons (Fsp3) is 0.692. The van der Waals surface area contributed by atoms with Crippen molar-refractivity contribution in [2.24, 2.45) is 0 Å². The van der Waals surface area contributed by atoms with Crippen LogP contribution >= 0.6 is 11.3 Å². The molecule has 20 heavy (non-hydrogen) atoms. The Hall–Kier alpha value is -1.18. The molecule has 7 heteroatoms. The monoisotopic (exact) mass is 300 g/mol. The lowest BCUT2D eigenvalue weighted by atomic mass is 10.1. The number of aromatic nitrogens is 1. The van der Waals surface area contributed by atoms with Crippen LogP contribution in [0, 0.1) is 0 Å². The number of nitrogens with one attached hydrogen (secondary N) is 1. The zero-order chi connectivity index (χ0) is 14.4. The summed E-state index contributed by atoms with van der Waals surface area (Å²) in [5, 5.41) is 13.1. The van der Waals surface area contributed by atoms with Crippen LogP contribution in [0.1, 0.15) is 29.3 Å². The van der Waals surface area contributed by atoms with Crippen LogP contribution in [0.25, 0.3) is 0 Å². The Morgan fingerprint density at radius 1 is 1.50 bits per heavy atom. The van der Waals surface area contributed by atoms with Crippen LogP contribution < -0.4 is 5.32 Å². The number of rotatable bonds is 9. The summed E-state index contributed by atoms with van der Waals surface area (Å²) < 4.78 is 10.2. The summed E-state index contributed by atoms with van der Waals surface area (Å²) in [7, 11) is 1.65. The van der Waals surface area contributed by atoms with E-state index in [0.29, 0.717) is 26.2 Å². The van der Waals surface area contributed by atoms with Gasteiger partial charge < -0.3 is 19.9 Å². The molecule has 2 N–H and O–H groups in total. The summed E-state index contributed by atoms with van der Waals surface area (Å²) in [6.45, 7) is 2.68. The number of nitrogens with zero attached hydrogens (tertiary/aromatic N) is 1. The van der Waals surface area contributed by atoms with Crippen LogP contribution in [-0.2, 0) is 20.7 Å². The van der Waals surface area contributed by atoms with Gasteiger partial charge in [0.25, 0.3) is 0 Å². The van der Waals surface area contributed by atoms with Gasteiger partial charge in [0.15, 0.2) is 5.13 Å². The van der Waals surface area contributed by atoms with Crippen molar-refractivity contribution in [2.45, 2.75) is 25.2 Å². The summed E-state index contributed by atoms with van der Waals surface area (Å²) in [6, 6.07) is 0. The Morgan fingerprint density at radius 3 is 3.10 bits per heavy atom. The van der Waals surface area contributed by atoms with E-state index in [4.69, 9.17) is 14.6 Å². The van der Waals surface area contributed by atoms with E-state index < -0.39 is 11.9 Å². The van der Waals surface area contributed by atoms with Gasteiger partial charge in [-0.25, -0.2) is 4.98 Å². The molecule has 0 saturated heterocycles. The SMILES string of the molecule is COCCOCCCNc1nc2c(s1)CCC2C(=O)O. The van der Waals surface area contributed by atoms with E-state index in [1.54, 1.807) is 18.4 Å². The molecule has 1 aliphatic rings. The molecule has 0 bridgehead atoms. The van der Waals surface area contributed by atoms with E-state index in [-0.39, 0.29) is 0 Å². The molecule has 1 aromatic heterocycles. The largest absolute Gasteiger partial charge is 0.481 e. The number of aliphatic carboxylic acids is 1. The number of hydrogen-bond donors (Lipinski definition) is 2. The first-order chi connectivity index (χ1) is 9.72. The number of hydrogen-bond acceptors (Lipinski definition) is 6. The second kappa shape index (κ2) is 7.56. The average Bonchev–Trinajstić information content (AvgIpc) is 2.96. The predicted octanol–water partition coefficient (Wildman–Crippen LogP) is 1.72. The highest BCUT2D eigenvalue weighted by Crippen LogP contribution is 2.38. The first-order valence-electron chi connectivity index (χ1n) is 6.75. The molecule has 0 amide bonds. The molecule has 1 unspecified atom stereocenters. The molecule has 0 spiro atoms. The van der Waals surface area contributed by atoms with Crippen LogP contribution in [-0.4, -0.2) is 49.5 Å². The van der Waals surface area contributed by atoms with Gasteiger partial charge in [0.1, 0.15) is 5.92 Å². The van der Waals surface area contributed by atoms with Gasteiger partial charge in [-0.15, -0.1) is 11.3 Å². The van der Waals surface area contributed by atoms with Crippen molar-refractivity contribution >= 4 is 22.4 Å². The molecule has 2 rings (SSSR count). The molecular weight excluding hydrogens is 280 g/mol. The van der Waals surface area contributed by atoms with Crippen molar-refractivity contribution in [3.63, 3.8) is 0 Å². The maximum absolute atomic E-state index is 11.1. The minimum Gasteiger partial charge on any atom is -0.481 e. The van der Waals surface area contributed by atoms with Crippen molar-refractivity contribution in [2.75, 3.05) is 38.8 Å². The summed E-state index contributed by atoms with van der Waals surface area (Å²) in [5.41, 5.74) is 0.751. The summed E-state index contributed by atoms with van der Waals surface area (Å²) in [4.78, 5) is 16.6. The number of ether oxygens (including phenoxy) is 2. The van der Waals surface area contributed by atoms with Crippen molar-refractivity contribution in [3.8, 4) is 0 Å². The third-order valence-electron chi connectivity index (χ3n) is 3.19. The Kier molecular flexibility index (Phi) is 5.75. The van der Waals surface area contributed by atoms with Crippen LogP contribution in [0.2, 0.25) is 0 Å². The smallest absolute Gasteiger partial charge is 0.312 e. The minimum atomic E-state index is -0.771. The third-order valence-corrected chi connectivity index (χ3v) is 4.28. The Balaban J connectivity index is 1.70.